The Labute approximate surface area is 110 Å². The Morgan fingerprint density at radius 2 is 2.06 bits per heavy atom. The smallest absolute Gasteiger partial charge is 0.125 e. The van der Waals surface area contributed by atoms with Crippen LogP contribution in [0.15, 0.2) is 18.2 Å². The van der Waals surface area contributed by atoms with E-state index in [0.29, 0.717) is 6.04 Å². The van der Waals surface area contributed by atoms with Crippen molar-refractivity contribution in [1.29, 1.82) is 0 Å². The molecule has 1 heterocycles. The minimum atomic E-state index is 0.673. The van der Waals surface area contributed by atoms with Gasteiger partial charge in [-0.05, 0) is 45.0 Å². The Kier molecular flexibility index (Phi) is 4.61. The van der Waals surface area contributed by atoms with Crippen molar-refractivity contribution in [3.63, 3.8) is 0 Å². The topological polar surface area (TPSA) is 24.5 Å². The van der Waals surface area contributed by atoms with Crippen molar-refractivity contribution in [2.45, 2.75) is 26.3 Å². The molecule has 1 aliphatic rings. The molecule has 1 N–H and O–H groups in total. The molecule has 0 amide bonds. The maximum absolute atomic E-state index is 5.94. The molecule has 18 heavy (non-hydrogen) atoms. The van der Waals surface area contributed by atoms with E-state index < -0.39 is 0 Å². The molecule has 1 saturated heterocycles. The summed E-state index contributed by atoms with van der Waals surface area (Å²) in [5, 5.41) is 3.40. The number of hydrogen-bond donors (Lipinski definition) is 1. The summed E-state index contributed by atoms with van der Waals surface area (Å²) in [4.78, 5) is 2.40. The van der Waals surface area contributed by atoms with Gasteiger partial charge in [0, 0.05) is 19.1 Å². The number of nitrogens with one attached hydrogen (secondary N) is 1. The zero-order valence-electron chi connectivity index (χ0n) is 11.7. The van der Waals surface area contributed by atoms with Gasteiger partial charge in [0.15, 0.2) is 0 Å². The minimum absolute atomic E-state index is 0.673. The van der Waals surface area contributed by atoms with E-state index in [1.54, 1.807) is 0 Å². The van der Waals surface area contributed by atoms with Crippen molar-refractivity contribution in [2.75, 3.05) is 33.3 Å². The van der Waals surface area contributed by atoms with Gasteiger partial charge >= 0.3 is 0 Å². The number of para-hydroxylation sites is 1. The fourth-order valence-corrected chi connectivity index (χ4v) is 2.52. The van der Waals surface area contributed by atoms with Crippen LogP contribution in [0.2, 0.25) is 0 Å². The van der Waals surface area contributed by atoms with Gasteiger partial charge in [-0.1, -0.05) is 18.2 Å². The van der Waals surface area contributed by atoms with Gasteiger partial charge in [0.05, 0.1) is 0 Å². The van der Waals surface area contributed by atoms with E-state index in [9.17, 15) is 0 Å². The zero-order chi connectivity index (χ0) is 13.0. The van der Waals surface area contributed by atoms with Crippen molar-refractivity contribution in [3.05, 3.63) is 29.3 Å². The molecule has 1 aromatic carbocycles. The van der Waals surface area contributed by atoms with Crippen LogP contribution in [0.1, 0.15) is 17.5 Å². The molecule has 1 unspecified atom stereocenters. The lowest BCUT2D eigenvalue weighted by Gasteiger charge is -2.23. The lowest BCUT2D eigenvalue weighted by Crippen LogP contribution is -2.36. The Morgan fingerprint density at radius 1 is 1.33 bits per heavy atom. The van der Waals surface area contributed by atoms with Gasteiger partial charge in [0.2, 0.25) is 0 Å². The lowest BCUT2D eigenvalue weighted by atomic mass is 10.1. The minimum Gasteiger partial charge on any atom is -0.492 e. The summed E-state index contributed by atoms with van der Waals surface area (Å²) < 4.78 is 5.94. The first-order valence-electron chi connectivity index (χ1n) is 6.78. The van der Waals surface area contributed by atoms with Gasteiger partial charge < -0.3 is 10.1 Å². The lowest BCUT2D eigenvalue weighted by molar-refractivity contribution is 0.198. The highest BCUT2D eigenvalue weighted by molar-refractivity contribution is 5.39. The van der Waals surface area contributed by atoms with Crippen LogP contribution in [-0.4, -0.2) is 44.2 Å². The Hall–Kier alpha value is -1.06. The first-order valence-corrected chi connectivity index (χ1v) is 6.78. The number of aryl methyl sites for hydroxylation is 2. The van der Waals surface area contributed by atoms with Crippen LogP contribution in [0, 0.1) is 13.8 Å². The molecule has 0 aromatic heterocycles. The van der Waals surface area contributed by atoms with Crippen LogP contribution >= 0.6 is 0 Å². The third-order valence-electron chi connectivity index (χ3n) is 3.76. The van der Waals surface area contributed by atoms with Crippen molar-refractivity contribution in [1.82, 2.24) is 10.2 Å². The number of rotatable bonds is 5. The predicted molar refractivity (Wildman–Crippen MR) is 75.3 cm³/mol. The number of benzene rings is 1. The van der Waals surface area contributed by atoms with Crippen LogP contribution in [0.4, 0.5) is 0 Å². The van der Waals surface area contributed by atoms with Crippen LogP contribution in [-0.2, 0) is 0 Å². The predicted octanol–water partition coefficient (Wildman–Crippen LogP) is 1.98. The van der Waals surface area contributed by atoms with Crippen molar-refractivity contribution < 1.29 is 4.74 Å². The number of hydrogen-bond acceptors (Lipinski definition) is 3. The van der Waals surface area contributed by atoms with Crippen molar-refractivity contribution >= 4 is 0 Å². The first-order chi connectivity index (χ1) is 8.68. The quantitative estimate of drug-likeness (QED) is 0.862. The molecule has 0 saturated carbocycles. The maximum Gasteiger partial charge on any atom is 0.125 e. The SMILES string of the molecule is Cc1cccc(C)c1OCCN(C)C1CCNC1. The molecule has 100 valence electrons. The first kappa shape index (κ1) is 13.4. The van der Waals surface area contributed by atoms with Crippen LogP contribution in [0.25, 0.3) is 0 Å². The molecular weight excluding hydrogens is 224 g/mol. The molecule has 0 bridgehead atoms. The maximum atomic E-state index is 5.94. The average Bonchev–Trinajstić information content (AvgIpc) is 2.86. The van der Waals surface area contributed by atoms with Crippen molar-refractivity contribution in [3.8, 4) is 5.75 Å². The number of likely N-dealkylation sites (N-methyl/N-ethyl adjacent to an activating group) is 1. The fraction of sp³-hybridized carbons (Fsp3) is 0.600. The van der Waals surface area contributed by atoms with E-state index in [2.05, 4.69) is 49.3 Å². The van der Waals surface area contributed by atoms with Gasteiger partial charge in [0.1, 0.15) is 12.4 Å². The molecule has 1 fully saturated rings. The summed E-state index contributed by atoms with van der Waals surface area (Å²) in [7, 11) is 2.19. The Morgan fingerprint density at radius 3 is 2.67 bits per heavy atom. The van der Waals surface area contributed by atoms with Gasteiger partial charge in [0.25, 0.3) is 0 Å². The van der Waals surface area contributed by atoms with E-state index in [0.717, 1.165) is 32.0 Å². The molecule has 3 nitrogen and oxygen atoms in total. The van der Waals surface area contributed by atoms with Gasteiger partial charge in [-0.15, -0.1) is 0 Å². The largest absolute Gasteiger partial charge is 0.492 e. The monoisotopic (exact) mass is 248 g/mol. The highest BCUT2D eigenvalue weighted by Crippen LogP contribution is 2.22. The third-order valence-corrected chi connectivity index (χ3v) is 3.76. The summed E-state index contributed by atoms with van der Waals surface area (Å²) >= 11 is 0. The van der Waals surface area contributed by atoms with Crippen LogP contribution < -0.4 is 10.1 Å². The summed E-state index contributed by atoms with van der Waals surface area (Å²) in [6, 6.07) is 6.96. The third kappa shape index (κ3) is 3.24. The van der Waals surface area contributed by atoms with E-state index in [1.807, 2.05) is 0 Å². The second-order valence-electron chi connectivity index (χ2n) is 5.20. The van der Waals surface area contributed by atoms with E-state index >= 15 is 0 Å². The van der Waals surface area contributed by atoms with Crippen molar-refractivity contribution in [2.24, 2.45) is 0 Å². The second-order valence-corrected chi connectivity index (χ2v) is 5.20. The zero-order valence-corrected chi connectivity index (χ0v) is 11.7. The Bertz CT molecular complexity index is 366. The average molecular weight is 248 g/mol. The van der Waals surface area contributed by atoms with Gasteiger partial charge in [-0.2, -0.15) is 0 Å². The molecule has 0 spiro atoms. The second kappa shape index (κ2) is 6.21. The van der Waals surface area contributed by atoms with Gasteiger partial charge in [-0.3, -0.25) is 4.90 Å². The summed E-state index contributed by atoms with van der Waals surface area (Å²) in [5.41, 5.74) is 2.44. The van der Waals surface area contributed by atoms with E-state index in [1.165, 1.54) is 17.5 Å². The molecule has 0 aliphatic carbocycles. The summed E-state index contributed by atoms with van der Waals surface area (Å²) in [6.07, 6.45) is 1.25. The Balaban J connectivity index is 1.81. The fourth-order valence-electron chi connectivity index (χ4n) is 2.52. The standard InChI is InChI=1S/C15H24N2O/c1-12-5-4-6-13(2)15(12)18-10-9-17(3)14-7-8-16-11-14/h4-6,14,16H,7-11H2,1-3H3. The van der Waals surface area contributed by atoms with Gasteiger partial charge in [-0.25, -0.2) is 0 Å². The summed E-state index contributed by atoms with van der Waals surface area (Å²) in [5.74, 6) is 1.05. The van der Waals surface area contributed by atoms with Crippen LogP contribution in [0.3, 0.4) is 0 Å². The molecular formula is C15H24N2O. The summed E-state index contributed by atoms with van der Waals surface area (Å²) in [6.45, 7) is 8.21. The number of ether oxygens (including phenoxy) is 1. The van der Waals surface area contributed by atoms with Crippen LogP contribution in [0.5, 0.6) is 5.75 Å². The number of nitrogens with zero attached hydrogens (tertiary/aromatic N) is 1. The molecule has 3 heteroatoms. The highest BCUT2D eigenvalue weighted by atomic mass is 16.5. The molecule has 2 rings (SSSR count). The molecule has 1 aromatic rings. The molecule has 1 atom stereocenters. The molecule has 0 radical (unpaired) electrons. The molecule has 1 aliphatic heterocycles. The highest BCUT2D eigenvalue weighted by Gasteiger charge is 2.18. The van der Waals surface area contributed by atoms with E-state index in [-0.39, 0.29) is 0 Å². The normalized spacial score (nSPS) is 19.4. The van der Waals surface area contributed by atoms with E-state index in [4.69, 9.17) is 4.74 Å².